The highest BCUT2D eigenvalue weighted by atomic mass is 16.7. The van der Waals surface area contributed by atoms with Crippen molar-refractivity contribution in [2.24, 2.45) is 0 Å². The molecule has 0 aliphatic carbocycles. The molecular formula is C12H22O11. The standard InChI is InChI=1S/C12H22O11/c13-1-3-5(15)6(16)9(19)12(22-3)23-10-4(2-14)21-11(20)8(18)7(10)17/h3-20H,1-2H2/t3-,4+,5-,6-,7+,8-,9+,10-,11+,12+/m0/s1. The van der Waals surface area contributed by atoms with Crippen molar-refractivity contribution in [3.63, 3.8) is 0 Å². The topological polar surface area (TPSA) is 190 Å². The molecule has 11 nitrogen and oxygen atoms in total. The Labute approximate surface area is 130 Å². The monoisotopic (exact) mass is 342 g/mol. The van der Waals surface area contributed by atoms with Gasteiger partial charge in [-0.2, -0.15) is 0 Å². The summed E-state index contributed by atoms with van der Waals surface area (Å²) in [5.74, 6) is 0. The highest BCUT2D eigenvalue weighted by molar-refractivity contribution is 4.93. The summed E-state index contributed by atoms with van der Waals surface area (Å²) >= 11 is 0. The lowest BCUT2D eigenvalue weighted by Crippen LogP contribution is -2.64. The maximum atomic E-state index is 9.94. The molecule has 2 aliphatic rings. The molecule has 0 saturated carbocycles. The van der Waals surface area contributed by atoms with Crippen LogP contribution in [0.5, 0.6) is 0 Å². The van der Waals surface area contributed by atoms with Crippen molar-refractivity contribution in [2.45, 2.75) is 61.4 Å². The fourth-order valence-corrected chi connectivity index (χ4v) is 2.57. The van der Waals surface area contributed by atoms with Gasteiger partial charge in [0, 0.05) is 0 Å². The maximum Gasteiger partial charge on any atom is 0.187 e. The minimum Gasteiger partial charge on any atom is -0.394 e. The zero-order chi connectivity index (χ0) is 17.3. The van der Waals surface area contributed by atoms with Gasteiger partial charge < -0.3 is 55.1 Å². The fraction of sp³-hybridized carbons (Fsp3) is 1.00. The Morgan fingerprint density at radius 3 is 1.83 bits per heavy atom. The summed E-state index contributed by atoms with van der Waals surface area (Å²) in [4.78, 5) is 0. The molecule has 2 heterocycles. The van der Waals surface area contributed by atoms with Crippen LogP contribution in [0, 0.1) is 0 Å². The van der Waals surface area contributed by atoms with Gasteiger partial charge in [0.2, 0.25) is 0 Å². The van der Waals surface area contributed by atoms with E-state index in [0.717, 1.165) is 0 Å². The minimum absolute atomic E-state index is 0.667. The predicted molar refractivity (Wildman–Crippen MR) is 68.6 cm³/mol. The van der Waals surface area contributed by atoms with E-state index in [1.165, 1.54) is 0 Å². The van der Waals surface area contributed by atoms with Gasteiger partial charge in [0.25, 0.3) is 0 Å². The van der Waals surface area contributed by atoms with Gasteiger partial charge in [-0.1, -0.05) is 0 Å². The minimum atomic E-state index is -1.74. The van der Waals surface area contributed by atoms with E-state index in [-0.39, 0.29) is 0 Å². The third-order valence-corrected chi connectivity index (χ3v) is 3.98. The molecule has 0 aromatic rings. The van der Waals surface area contributed by atoms with E-state index >= 15 is 0 Å². The first-order valence-corrected chi connectivity index (χ1v) is 7.08. The number of hydrogen-bond donors (Lipinski definition) is 8. The predicted octanol–water partition coefficient (Wildman–Crippen LogP) is -5.40. The molecular weight excluding hydrogens is 320 g/mol. The number of hydrogen-bond acceptors (Lipinski definition) is 11. The summed E-state index contributed by atoms with van der Waals surface area (Å²) in [6.45, 7) is -1.35. The van der Waals surface area contributed by atoms with Crippen LogP contribution in [-0.2, 0) is 14.2 Å². The van der Waals surface area contributed by atoms with Crippen LogP contribution in [0.4, 0.5) is 0 Å². The summed E-state index contributed by atoms with van der Waals surface area (Å²) in [7, 11) is 0. The van der Waals surface area contributed by atoms with E-state index < -0.39 is 74.6 Å². The third kappa shape index (κ3) is 3.65. The van der Waals surface area contributed by atoms with Crippen LogP contribution in [0.1, 0.15) is 0 Å². The lowest BCUT2D eigenvalue weighted by molar-refractivity contribution is -0.355. The Kier molecular flexibility index (Phi) is 6.27. The third-order valence-electron chi connectivity index (χ3n) is 3.98. The van der Waals surface area contributed by atoms with Crippen molar-refractivity contribution in [1.29, 1.82) is 0 Å². The molecule has 0 amide bonds. The average molecular weight is 342 g/mol. The molecule has 0 radical (unpaired) electrons. The molecule has 2 saturated heterocycles. The summed E-state index contributed by atoms with van der Waals surface area (Å²) < 4.78 is 15.3. The smallest absolute Gasteiger partial charge is 0.187 e. The lowest BCUT2D eigenvalue weighted by atomic mass is 9.97. The van der Waals surface area contributed by atoms with Crippen molar-refractivity contribution in [3.8, 4) is 0 Å². The molecule has 2 rings (SSSR count). The second-order valence-corrected chi connectivity index (χ2v) is 5.53. The fourth-order valence-electron chi connectivity index (χ4n) is 2.57. The summed E-state index contributed by atoms with van der Waals surface area (Å²) in [5, 5.41) is 76.5. The van der Waals surface area contributed by atoms with E-state index in [2.05, 4.69) is 0 Å². The van der Waals surface area contributed by atoms with Gasteiger partial charge in [-0.3, -0.25) is 0 Å². The van der Waals surface area contributed by atoms with Gasteiger partial charge in [0.15, 0.2) is 12.6 Å². The SMILES string of the molecule is OC[C@@H]1O[C@H](O[C@@H]2[C@H](O)[C@H](O)[C@H](O)O[C@@H]2CO)[C@H](O)[C@@H](O)[C@H]1O. The van der Waals surface area contributed by atoms with Gasteiger partial charge in [0.05, 0.1) is 13.2 Å². The van der Waals surface area contributed by atoms with Crippen molar-refractivity contribution in [2.75, 3.05) is 13.2 Å². The zero-order valence-corrected chi connectivity index (χ0v) is 12.0. The highest BCUT2D eigenvalue weighted by Crippen LogP contribution is 2.28. The molecule has 0 aromatic heterocycles. The van der Waals surface area contributed by atoms with Gasteiger partial charge in [-0.15, -0.1) is 0 Å². The van der Waals surface area contributed by atoms with Crippen LogP contribution < -0.4 is 0 Å². The molecule has 0 unspecified atom stereocenters. The van der Waals surface area contributed by atoms with Gasteiger partial charge in [0.1, 0.15) is 48.8 Å². The molecule has 2 fully saturated rings. The number of rotatable bonds is 4. The average Bonchev–Trinajstić information content (AvgIpc) is 2.55. The summed E-state index contributed by atoms with van der Waals surface area (Å²) in [6, 6.07) is 0. The Balaban J connectivity index is 2.11. The molecule has 136 valence electrons. The van der Waals surface area contributed by atoms with Crippen LogP contribution in [0.3, 0.4) is 0 Å². The van der Waals surface area contributed by atoms with E-state index in [9.17, 15) is 35.7 Å². The van der Waals surface area contributed by atoms with E-state index in [1.54, 1.807) is 0 Å². The molecule has 0 aromatic carbocycles. The molecule has 8 N–H and O–H groups in total. The Morgan fingerprint density at radius 2 is 1.26 bits per heavy atom. The van der Waals surface area contributed by atoms with E-state index in [0.29, 0.717) is 0 Å². The van der Waals surface area contributed by atoms with Crippen molar-refractivity contribution in [1.82, 2.24) is 0 Å². The molecule has 23 heavy (non-hydrogen) atoms. The maximum absolute atomic E-state index is 9.94. The summed E-state index contributed by atoms with van der Waals surface area (Å²) in [5.41, 5.74) is 0. The largest absolute Gasteiger partial charge is 0.394 e. The molecule has 0 spiro atoms. The normalized spacial score (nSPS) is 51.7. The van der Waals surface area contributed by atoms with Crippen LogP contribution in [0.25, 0.3) is 0 Å². The second kappa shape index (κ2) is 7.63. The Hall–Kier alpha value is -0.440. The second-order valence-electron chi connectivity index (χ2n) is 5.53. The van der Waals surface area contributed by atoms with Crippen LogP contribution in [0.15, 0.2) is 0 Å². The molecule has 10 atom stereocenters. The highest BCUT2D eigenvalue weighted by Gasteiger charge is 2.50. The first-order valence-electron chi connectivity index (χ1n) is 7.08. The summed E-state index contributed by atoms with van der Waals surface area (Å²) in [6.07, 6.45) is -15.6. The Bertz CT molecular complexity index is 378. The van der Waals surface area contributed by atoms with Crippen LogP contribution in [-0.4, -0.2) is 115 Å². The lowest BCUT2D eigenvalue weighted by Gasteiger charge is -2.45. The van der Waals surface area contributed by atoms with Crippen molar-refractivity contribution >= 4 is 0 Å². The molecule has 11 heteroatoms. The van der Waals surface area contributed by atoms with Gasteiger partial charge in [-0.25, -0.2) is 0 Å². The zero-order valence-electron chi connectivity index (χ0n) is 12.0. The van der Waals surface area contributed by atoms with Gasteiger partial charge >= 0.3 is 0 Å². The van der Waals surface area contributed by atoms with Crippen molar-refractivity contribution in [3.05, 3.63) is 0 Å². The number of ether oxygens (including phenoxy) is 3. The quantitative estimate of drug-likeness (QED) is 0.243. The van der Waals surface area contributed by atoms with Crippen LogP contribution in [0.2, 0.25) is 0 Å². The molecule has 2 aliphatic heterocycles. The van der Waals surface area contributed by atoms with Crippen molar-refractivity contribution < 1.29 is 55.1 Å². The molecule has 0 bridgehead atoms. The Morgan fingerprint density at radius 1 is 0.652 bits per heavy atom. The first-order chi connectivity index (χ1) is 10.8. The van der Waals surface area contributed by atoms with Crippen LogP contribution >= 0.6 is 0 Å². The first kappa shape index (κ1) is 18.9. The number of aliphatic hydroxyl groups excluding tert-OH is 8. The van der Waals surface area contributed by atoms with E-state index in [4.69, 9.17) is 19.3 Å². The van der Waals surface area contributed by atoms with E-state index in [1.807, 2.05) is 0 Å². The number of aliphatic hydroxyl groups is 8. The van der Waals surface area contributed by atoms with Gasteiger partial charge in [-0.05, 0) is 0 Å².